The lowest BCUT2D eigenvalue weighted by molar-refractivity contribution is 0.537. The Morgan fingerprint density at radius 2 is 1.71 bits per heavy atom. The maximum absolute atomic E-state index is 14.2. The van der Waals surface area contributed by atoms with Crippen molar-refractivity contribution in [2.75, 3.05) is 6.54 Å². The van der Waals surface area contributed by atoms with Crippen LogP contribution in [0.3, 0.4) is 0 Å². The zero-order chi connectivity index (χ0) is 15.6. The van der Waals surface area contributed by atoms with Gasteiger partial charge in [-0.15, -0.1) is 0 Å². The van der Waals surface area contributed by atoms with Crippen LogP contribution in [0.25, 0.3) is 0 Å². The Kier molecular flexibility index (Phi) is 4.96. The van der Waals surface area contributed by atoms with Gasteiger partial charge in [-0.25, -0.2) is 8.78 Å². The van der Waals surface area contributed by atoms with E-state index in [0.717, 1.165) is 17.2 Å². The third-order valence-corrected chi connectivity index (χ3v) is 3.78. The molecule has 4 heteroatoms. The van der Waals surface area contributed by atoms with E-state index in [1.807, 2.05) is 26.0 Å². The second kappa shape index (κ2) is 6.54. The highest BCUT2D eigenvalue weighted by Gasteiger charge is 2.20. The Balaban J connectivity index is 2.55. The Hall–Kier alpha value is -1.45. The lowest BCUT2D eigenvalue weighted by atomic mass is 9.93. The first-order chi connectivity index (χ1) is 9.93. The second-order valence-corrected chi connectivity index (χ2v) is 5.55. The van der Waals surface area contributed by atoms with Gasteiger partial charge in [-0.05, 0) is 55.3 Å². The number of hydrogen-bond acceptors (Lipinski definition) is 1. The molecule has 1 nitrogen and oxygen atoms in total. The van der Waals surface area contributed by atoms with Crippen LogP contribution in [0.2, 0.25) is 5.02 Å². The quantitative estimate of drug-likeness (QED) is 0.844. The number of hydrogen-bond donors (Lipinski definition) is 1. The second-order valence-electron chi connectivity index (χ2n) is 5.11. The number of halogens is 3. The van der Waals surface area contributed by atoms with Crippen LogP contribution in [-0.4, -0.2) is 6.54 Å². The van der Waals surface area contributed by atoms with Crippen LogP contribution in [0.4, 0.5) is 8.78 Å². The van der Waals surface area contributed by atoms with Gasteiger partial charge in [0.25, 0.3) is 0 Å². The Morgan fingerprint density at radius 3 is 2.33 bits per heavy atom. The molecule has 0 heterocycles. The summed E-state index contributed by atoms with van der Waals surface area (Å²) in [6, 6.07) is 7.68. The molecule has 2 aromatic rings. The molecule has 0 aliphatic carbocycles. The van der Waals surface area contributed by atoms with E-state index >= 15 is 0 Å². The normalized spacial score (nSPS) is 12.5. The standard InChI is InChI=1S/C17H18ClF2N/c1-4-21-17(13-6-5-12(18)7-10(13)2)14-8-11(3)15(19)9-16(14)20/h5-9,17,21H,4H2,1-3H3. The summed E-state index contributed by atoms with van der Waals surface area (Å²) < 4.78 is 27.7. The lowest BCUT2D eigenvalue weighted by Gasteiger charge is -2.22. The predicted octanol–water partition coefficient (Wildman–Crippen LogP) is 4.93. The summed E-state index contributed by atoms with van der Waals surface area (Å²) in [5.41, 5.74) is 2.78. The molecular formula is C17H18ClF2N. The average molecular weight is 310 g/mol. The SMILES string of the molecule is CCNC(c1ccc(Cl)cc1C)c1cc(C)c(F)cc1F. The summed E-state index contributed by atoms with van der Waals surface area (Å²) in [5, 5.41) is 3.90. The smallest absolute Gasteiger partial charge is 0.131 e. The molecule has 0 bridgehead atoms. The molecule has 0 aliphatic heterocycles. The summed E-state index contributed by atoms with van der Waals surface area (Å²) in [7, 11) is 0. The van der Waals surface area contributed by atoms with Crippen LogP contribution < -0.4 is 5.32 Å². The van der Waals surface area contributed by atoms with Crippen molar-refractivity contribution in [2.24, 2.45) is 0 Å². The van der Waals surface area contributed by atoms with E-state index in [1.165, 1.54) is 0 Å². The van der Waals surface area contributed by atoms with Crippen molar-refractivity contribution in [1.82, 2.24) is 5.32 Å². The zero-order valence-electron chi connectivity index (χ0n) is 12.3. The van der Waals surface area contributed by atoms with Gasteiger partial charge >= 0.3 is 0 Å². The molecule has 1 atom stereocenters. The predicted molar refractivity (Wildman–Crippen MR) is 82.8 cm³/mol. The summed E-state index contributed by atoms with van der Waals surface area (Å²) in [5.74, 6) is -1.07. The highest BCUT2D eigenvalue weighted by molar-refractivity contribution is 6.30. The van der Waals surface area contributed by atoms with Crippen molar-refractivity contribution in [3.05, 3.63) is 69.2 Å². The third kappa shape index (κ3) is 3.42. The summed E-state index contributed by atoms with van der Waals surface area (Å²) in [4.78, 5) is 0. The van der Waals surface area contributed by atoms with E-state index in [0.29, 0.717) is 22.7 Å². The Bertz CT molecular complexity index is 655. The van der Waals surface area contributed by atoms with Crippen molar-refractivity contribution >= 4 is 11.6 Å². The largest absolute Gasteiger partial charge is 0.306 e. The van der Waals surface area contributed by atoms with Gasteiger partial charge in [0, 0.05) is 16.7 Å². The number of aryl methyl sites for hydroxylation is 2. The van der Waals surface area contributed by atoms with Gasteiger partial charge in [-0.2, -0.15) is 0 Å². The molecule has 1 N–H and O–H groups in total. The van der Waals surface area contributed by atoms with Gasteiger partial charge in [0.15, 0.2) is 0 Å². The van der Waals surface area contributed by atoms with Gasteiger partial charge in [0.1, 0.15) is 11.6 Å². The van der Waals surface area contributed by atoms with E-state index in [1.54, 1.807) is 19.1 Å². The molecule has 2 rings (SSSR count). The molecule has 1 unspecified atom stereocenters. The third-order valence-electron chi connectivity index (χ3n) is 3.54. The van der Waals surface area contributed by atoms with Gasteiger partial charge < -0.3 is 5.32 Å². The van der Waals surface area contributed by atoms with E-state index in [2.05, 4.69) is 5.32 Å². The van der Waals surface area contributed by atoms with Crippen LogP contribution in [0, 0.1) is 25.5 Å². The van der Waals surface area contributed by atoms with Gasteiger partial charge in [-0.3, -0.25) is 0 Å². The molecule has 0 spiro atoms. The highest BCUT2D eigenvalue weighted by Crippen LogP contribution is 2.29. The minimum Gasteiger partial charge on any atom is -0.306 e. The van der Waals surface area contributed by atoms with E-state index < -0.39 is 11.6 Å². The fraction of sp³-hybridized carbons (Fsp3) is 0.294. The molecule has 0 amide bonds. The maximum Gasteiger partial charge on any atom is 0.131 e. The van der Waals surface area contributed by atoms with E-state index in [9.17, 15) is 8.78 Å². The first-order valence-corrected chi connectivity index (χ1v) is 7.26. The topological polar surface area (TPSA) is 12.0 Å². The molecular weight excluding hydrogens is 292 g/mol. The van der Waals surface area contributed by atoms with Crippen LogP contribution in [0.1, 0.15) is 35.2 Å². The molecule has 0 aliphatic rings. The number of nitrogens with one attached hydrogen (secondary N) is 1. The monoisotopic (exact) mass is 309 g/mol. The van der Waals surface area contributed by atoms with E-state index in [4.69, 9.17) is 11.6 Å². The maximum atomic E-state index is 14.2. The summed E-state index contributed by atoms with van der Waals surface area (Å²) >= 11 is 5.98. The highest BCUT2D eigenvalue weighted by atomic mass is 35.5. The van der Waals surface area contributed by atoms with Crippen molar-refractivity contribution < 1.29 is 8.78 Å². The fourth-order valence-electron chi connectivity index (χ4n) is 2.46. The summed E-state index contributed by atoms with van der Waals surface area (Å²) in [6.45, 7) is 6.19. The molecule has 0 saturated carbocycles. The van der Waals surface area contributed by atoms with Crippen LogP contribution >= 0.6 is 11.6 Å². The van der Waals surface area contributed by atoms with Crippen LogP contribution in [0.15, 0.2) is 30.3 Å². The summed E-state index contributed by atoms with van der Waals surface area (Å²) in [6.07, 6.45) is 0. The molecule has 0 fully saturated rings. The van der Waals surface area contributed by atoms with Crippen molar-refractivity contribution in [3.8, 4) is 0 Å². The van der Waals surface area contributed by atoms with Gasteiger partial charge in [0.2, 0.25) is 0 Å². The molecule has 21 heavy (non-hydrogen) atoms. The van der Waals surface area contributed by atoms with Gasteiger partial charge in [0.05, 0.1) is 6.04 Å². The minimum atomic E-state index is -0.543. The average Bonchev–Trinajstić information content (AvgIpc) is 2.41. The van der Waals surface area contributed by atoms with Crippen LogP contribution in [-0.2, 0) is 0 Å². The number of benzene rings is 2. The molecule has 2 aromatic carbocycles. The van der Waals surface area contributed by atoms with Crippen molar-refractivity contribution in [3.63, 3.8) is 0 Å². The first kappa shape index (κ1) is 15.9. The first-order valence-electron chi connectivity index (χ1n) is 6.89. The Morgan fingerprint density at radius 1 is 1.00 bits per heavy atom. The fourth-order valence-corrected chi connectivity index (χ4v) is 2.68. The molecule has 0 radical (unpaired) electrons. The zero-order valence-corrected chi connectivity index (χ0v) is 13.1. The Labute approximate surface area is 128 Å². The number of rotatable bonds is 4. The minimum absolute atomic E-state index is 0.327. The van der Waals surface area contributed by atoms with E-state index in [-0.39, 0.29) is 6.04 Å². The van der Waals surface area contributed by atoms with Crippen LogP contribution in [0.5, 0.6) is 0 Å². The molecule has 0 aromatic heterocycles. The lowest BCUT2D eigenvalue weighted by Crippen LogP contribution is -2.24. The van der Waals surface area contributed by atoms with Crippen molar-refractivity contribution in [1.29, 1.82) is 0 Å². The van der Waals surface area contributed by atoms with Crippen molar-refractivity contribution in [2.45, 2.75) is 26.8 Å². The molecule has 0 saturated heterocycles. The molecule has 112 valence electrons. The van der Waals surface area contributed by atoms with Gasteiger partial charge in [-0.1, -0.05) is 24.6 Å².